The van der Waals surface area contributed by atoms with E-state index < -0.39 is 30.8 Å². The molecule has 1 aliphatic heterocycles. The minimum absolute atomic E-state index is 0.0414. The third-order valence-corrected chi connectivity index (χ3v) is 8.23. The van der Waals surface area contributed by atoms with E-state index in [0.717, 1.165) is 0 Å². The molecule has 1 aromatic heterocycles. The van der Waals surface area contributed by atoms with Crippen molar-refractivity contribution in [3.63, 3.8) is 0 Å². The van der Waals surface area contributed by atoms with Gasteiger partial charge in [-0.1, -0.05) is 6.07 Å². The first kappa shape index (κ1) is 17.7. The van der Waals surface area contributed by atoms with Crippen molar-refractivity contribution in [2.24, 2.45) is 0 Å². The lowest BCUT2D eigenvalue weighted by Gasteiger charge is -2.11. The van der Waals surface area contributed by atoms with Crippen molar-refractivity contribution in [2.45, 2.75) is 23.1 Å². The summed E-state index contributed by atoms with van der Waals surface area (Å²) in [5.41, 5.74) is 0.188. The largest absolute Gasteiger partial charge is 0.467 e. The minimum Gasteiger partial charge on any atom is -0.467 e. The number of hydrogen-bond donors (Lipinski definition) is 1. The Morgan fingerprint density at radius 1 is 1.24 bits per heavy atom. The topological polar surface area (TPSA) is 111 Å². The van der Waals surface area contributed by atoms with Gasteiger partial charge in [-0.05, 0) is 36.8 Å². The molecule has 2 aromatic rings. The quantitative estimate of drug-likeness (QED) is 0.830. The molecule has 3 rings (SSSR count). The van der Waals surface area contributed by atoms with Crippen molar-refractivity contribution in [3.05, 3.63) is 54.0 Å². The van der Waals surface area contributed by atoms with Crippen LogP contribution >= 0.6 is 0 Å². The number of amides is 1. The Labute approximate surface area is 145 Å². The zero-order valence-electron chi connectivity index (χ0n) is 13.2. The summed E-state index contributed by atoms with van der Waals surface area (Å²) in [5.74, 6) is -0.356. The molecule has 25 heavy (non-hydrogen) atoms. The highest BCUT2D eigenvalue weighted by atomic mass is 32.2. The maximum absolute atomic E-state index is 12.6. The van der Waals surface area contributed by atoms with Crippen LogP contribution in [-0.2, 0) is 26.2 Å². The van der Waals surface area contributed by atoms with Crippen molar-refractivity contribution in [3.8, 4) is 0 Å². The molecule has 0 spiro atoms. The summed E-state index contributed by atoms with van der Waals surface area (Å²) in [6.45, 7) is 0.184. The second-order valence-corrected chi connectivity index (χ2v) is 10.3. The van der Waals surface area contributed by atoms with Crippen LogP contribution in [0.2, 0.25) is 0 Å². The van der Waals surface area contributed by atoms with E-state index in [2.05, 4.69) is 5.32 Å². The lowest BCUT2D eigenvalue weighted by Crippen LogP contribution is -2.25. The van der Waals surface area contributed by atoms with Crippen LogP contribution in [0, 0.1) is 0 Å². The van der Waals surface area contributed by atoms with E-state index in [1.54, 1.807) is 12.1 Å². The summed E-state index contributed by atoms with van der Waals surface area (Å²) in [5, 5.41) is 1.68. The second-order valence-electron chi connectivity index (χ2n) is 5.86. The fourth-order valence-corrected chi connectivity index (χ4v) is 7.10. The number of hydrogen-bond acceptors (Lipinski definition) is 6. The predicted octanol–water partition coefficient (Wildman–Crippen LogP) is 1.17. The zero-order chi connectivity index (χ0) is 18.1. The normalized spacial score (nSPS) is 19.6. The Balaban J connectivity index is 1.77. The lowest BCUT2D eigenvalue weighted by molar-refractivity contribution is 0.0948. The van der Waals surface area contributed by atoms with Gasteiger partial charge in [0.05, 0.1) is 34.5 Å². The SMILES string of the molecule is O=C(NCc1ccco1)c1cccc(S(=O)(=O)[C@@H]2CCS(=O)(=O)C2)c1. The number of rotatable bonds is 5. The predicted molar refractivity (Wildman–Crippen MR) is 90.6 cm³/mol. The van der Waals surface area contributed by atoms with Gasteiger partial charge in [-0.2, -0.15) is 0 Å². The average molecular weight is 383 g/mol. The number of sulfone groups is 2. The van der Waals surface area contributed by atoms with Gasteiger partial charge in [-0.15, -0.1) is 0 Å². The van der Waals surface area contributed by atoms with Gasteiger partial charge in [0.25, 0.3) is 5.91 Å². The van der Waals surface area contributed by atoms with Crippen LogP contribution in [-0.4, -0.2) is 39.5 Å². The van der Waals surface area contributed by atoms with Crippen molar-refractivity contribution in [1.82, 2.24) is 5.32 Å². The third-order valence-electron chi connectivity index (χ3n) is 4.06. The molecule has 0 radical (unpaired) electrons. The van der Waals surface area contributed by atoms with Gasteiger partial charge in [0, 0.05) is 5.56 Å². The molecule has 1 aliphatic rings. The molecule has 0 saturated carbocycles. The summed E-state index contributed by atoms with van der Waals surface area (Å²) in [4.78, 5) is 12.2. The Bertz CT molecular complexity index is 977. The van der Waals surface area contributed by atoms with Gasteiger partial charge in [0.2, 0.25) is 0 Å². The van der Waals surface area contributed by atoms with Gasteiger partial charge in [0.1, 0.15) is 5.76 Å². The van der Waals surface area contributed by atoms with E-state index in [4.69, 9.17) is 4.42 Å². The van der Waals surface area contributed by atoms with Gasteiger partial charge in [-0.25, -0.2) is 16.8 Å². The van der Waals surface area contributed by atoms with Crippen LogP contribution in [0.5, 0.6) is 0 Å². The van der Waals surface area contributed by atoms with Crippen LogP contribution in [0.4, 0.5) is 0 Å². The summed E-state index contributed by atoms with van der Waals surface area (Å²) in [6.07, 6.45) is 1.57. The Kier molecular flexibility index (Phi) is 4.70. The highest BCUT2D eigenvalue weighted by Crippen LogP contribution is 2.25. The number of furan rings is 1. The molecule has 2 heterocycles. The summed E-state index contributed by atoms with van der Waals surface area (Å²) in [7, 11) is -7.12. The minimum atomic E-state index is -3.80. The number of benzene rings is 1. The smallest absolute Gasteiger partial charge is 0.251 e. The monoisotopic (exact) mass is 383 g/mol. The molecule has 0 bridgehead atoms. The van der Waals surface area contributed by atoms with Gasteiger partial charge in [0.15, 0.2) is 19.7 Å². The molecule has 1 fully saturated rings. The molecule has 0 aliphatic carbocycles. The first-order valence-corrected chi connectivity index (χ1v) is 11.0. The molecule has 7 nitrogen and oxygen atoms in total. The maximum Gasteiger partial charge on any atom is 0.251 e. The number of carbonyl (C=O) groups is 1. The molecule has 1 atom stereocenters. The van der Waals surface area contributed by atoms with Crippen LogP contribution in [0.1, 0.15) is 22.5 Å². The Hall–Kier alpha value is -2.13. The van der Waals surface area contributed by atoms with Gasteiger partial charge in [-0.3, -0.25) is 4.79 Å². The standard InChI is InChI=1S/C16H17NO6S2/c18-16(17-10-13-4-2-7-23-13)12-3-1-5-14(9-12)25(21,22)15-6-8-24(19,20)11-15/h1-5,7,9,15H,6,8,10-11H2,(H,17,18)/t15-/m1/s1. The van der Waals surface area contributed by atoms with E-state index in [0.29, 0.717) is 5.76 Å². The second kappa shape index (κ2) is 6.64. The highest BCUT2D eigenvalue weighted by molar-refractivity contribution is 7.96. The summed E-state index contributed by atoms with van der Waals surface area (Å²) >= 11 is 0. The molecule has 9 heteroatoms. The fourth-order valence-electron chi connectivity index (χ4n) is 2.70. The van der Waals surface area contributed by atoms with E-state index in [1.165, 1.54) is 30.5 Å². The van der Waals surface area contributed by atoms with Crippen molar-refractivity contribution < 1.29 is 26.0 Å². The average Bonchev–Trinajstić information content (AvgIpc) is 3.22. The number of nitrogens with one attached hydrogen (secondary N) is 1. The fraction of sp³-hybridized carbons (Fsp3) is 0.312. The van der Waals surface area contributed by atoms with E-state index >= 15 is 0 Å². The van der Waals surface area contributed by atoms with Gasteiger partial charge >= 0.3 is 0 Å². The van der Waals surface area contributed by atoms with E-state index in [-0.39, 0.29) is 34.9 Å². The molecular formula is C16H17NO6S2. The Morgan fingerprint density at radius 3 is 2.68 bits per heavy atom. The van der Waals surface area contributed by atoms with Gasteiger partial charge < -0.3 is 9.73 Å². The molecule has 1 aromatic carbocycles. The third kappa shape index (κ3) is 3.93. The van der Waals surface area contributed by atoms with E-state index in [1.807, 2.05) is 0 Å². The lowest BCUT2D eigenvalue weighted by atomic mass is 10.2. The zero-order valence-corrected chi connectivity index (χ0v) is 14.8. The molecular weight excluding hydrogens is 366 g/mol. The highest BCUT2D eigenvalue weighted by Gasteiger charge is 2.38. The molecule has 1 N–H and O–H groups in total. The van der Waals surface area contributed by atoms with E-state index in [9.17, 15) is 21.6 Å². The molecule has 1 amide bonds. The van der Waals surface area contributed by atoms with Crippen LogP contribution in [0.25, 0.3) is 0 Å². The summed E-state index contributed by atoms with van der Waals surface area (Å²) < 4.78 is 53.5. The van der Waals surface area contributed by atoms with Crippen LogP contribution in [0.3, 0.4) is 0 Å². The Morgan fingerprint density at radius 2 is 2.04 bits per heavy atom. The molecule has 0 unspecified atom stereocenters. The molecule has 134 valence electrons. The van der Waals surface area contributed by atoms with Crippen molar-refractivity contribution in [2.75, 3.05) is 11.5 Å². The summed E-state index contributed by atoms with van der Waals surface area (Å²) in [6, 6.07) is 9.04. The molecule has 1 saturated heterocycles. The van der Waals surface area contributed by atoms with Crippen LogP contribution in [0.15, 0.2) is 52.0 Å². The number of carbonyl (C=O) groups excluding carboxylic acids is 1. The van der Waals surface area contributed by atoms with Crippen molar-refractivity contribution >= 4 is 25.6 Å². The van der Waals surface area contributed by atoms with Crippen molar-refractivity contribution in [1.29, 1.82) is 0 Å². The first-order valence-electron chi connectivity index (χ1n) is 7.63. The first-order chi connectivity index (χ1) is 11.8. The van der Waals surface area contributed by atoms with Crippen LogP contribution < -0.4 is 5.32 Å². The maximum atomic E-state index is 12.6.